The molecule has 0 unspecified atom stereocenters. The first-order valence-corrected chi connectivity index (χ1v) is 15.4. The summed E-state index contributed by atoms with van der Waals surface area (Å²) < 4.78 is 60.9. The average Bonchev–Trinajstić information content (AvgIpc) is 3.31. The van der Waals surface area contributed by atoms with E-state index in [-0.39, 0.29) is 26.4 Å². The predicted molar refractivity (Wildman–Crippen MR) is 154 cm³/mol. The van der Waals surface area contributed by atoms with E-state index in [9.17, 15) is 18.6 Å². The topological polar surface area (TPSA) is 130 Å². The summed E-state index contributed by atoms with van der Waals surface area (Å²) in [4.78, 5) is 0. The Kier molecular flexibility index (Phi) is 11.6. The molecule has 11 heteroatoms. The van der Waals surface area contributed by atoms with Gasteiger partial charge in [0.15, 0.2) is 18.0 Å². The molecule has 228 valence electrons. The van der Waals surface area contributed by atoms with E-state index in [0.29, 0.717) is 0 Å². The SMILES string of the molecule is CO[C@@H]1O[C@H]([C@@H](COCc2ccccc2)OCc2ccccc2)[C@](OCc2ccccc2)([C@H](O)CO)[C@H]1OS(C)(=O)=O. The highest BCUT2D eigenvalue weighted by Crippen LogP contribution is 2.43. The van der Waals surface area contributed by atoms with Gasteiger partial charge in [-0.25, -0.2) is 0 Å². The Morgan fingerprint density at radius 1 is 0.857 bits per heavy atom. The van der Waals surface area contributed by atoms with Crippen molar-refractivity contribution >= 4 is 10.1 Å². The normalized spacial score (nSPS) is 24.0. The zero-order valence-corrected chi connectivity index (χ0v) is 24.5. The third-order valence-electron chi connectivity index (χ3n) is 6.99. The van der Waals surface area contributed by atoms with Crippen LogP contribution in [-0.2, 0) is 57.8 Å². The van der Waals surface area contributed by atoms with Gasteiger partial charge in [-0.05, 0) is 16.7 Å². The van der Waals surface area contributed by atoms with Crippen molar-refractivity contribution in [3.05, 3.63) is 108 Å². The van der Waals surface area contributed by atoms with Gasteiger partial charge in [-0.3, -0.25) is 4.18 Å². The van der Waals surface area contributed by atoms with Crippen molar-refractivity contribution in [1.29, 1.82) is 0 Å². The van der Waals surface area contributed by atoms with E-state index in [4.69, 9.17) is 27.9 Å². The van der Waals surface area contributed by atoms with Crippen molar-refractivity contribution in [2.75, 3.05) is 26.6 Å². The molecule has 0 radical (unpaired) electrons. The minimum absolute atomic E-state index is 0.0248. The van der Waals surface area contributed by atoms with Gasteiger partial charge < -0.3 is 33.9 Å². The lowest BCUT2D eigenvalue weighted by atomic mass is 9.83. The first kappa shape index (κ1) is 32.2. The van der Waals surface area contributed by atoms with Gasteiger partial charge in [0.1, 0.15) is 18.3 Å². The molecule has 1 heterocycles. The summed E-state index contributed by atoms with van der Waals surface area (Å²) in [5.41, 5.74) is 0.587. The predicted octanol–water partition coefficient (Wildman–Crippen LogP) is 2.81. The van der Waals surface area contributed by atoms with Crippen LogP contribution in [0.25, 0.3) is 0 Å². The molecule has 0 aliphatic carbocycles. The Morgan fingerprint density at radius 3 is 1.88 bits per heavy atom. The van der Waals surface area contributed by atoms with Gasteiger partial charge in [0, 0.05) is 7.11 Å². The van der Waals surface area contributed by atoms with Crippen LogP contribution in [0.3, 0.4) is 0 Å². The number of hydrogen-bond donors (Lipinski definition) is 2. The highest BCUT2D eigenvalue weighted by molar-refractivity contribution is 7.86. The summed E-state index contributed by atoms with van der Waals surface area (Å²) >= 11 is 0. The number of ether oxygens (including phenoxy) is 5. The summed E-state index contributed by atoms with van der Waals surface area (Å²) in [5, 5.41) is 21.7. The van der Waals surface area contributed by atoms with Crippen LogP contribution in [0.2, 0.25) is 0 Å². The van der Waals surface area contributed by atoms with Gasteiger partial charge in [-0.1, -0.05) is 91.0 Å². The smallest absolute Gasteiger partial charge is 0.264 e. The van der Waals surface area contributed by atoms with Crippen molar-refractivity contribution in [3.8, 4) is 0 Å². The maximum Gasteiger partial charge on any atom is 0.264 e. The fourth-order valence-electron chi connectivity index (χ4n) is 5.00. The van der Waals surface area contributed by atoms with Crippen molar-refractivity contribution in [2.24, 2.45) is 0 Å². The zero-order chi connectivity index (χ0) is 30.0. The van der Waals surface area contributed by atoms with E-state index in [1.807, 2.05) is 91.0 Å². The van der Waals surface area contributed by atoms with Crippen LogP contribution >= 0.6 is 0 Å². The van der Waals surface area contributed by atoms with Crippen LogP contribution in [0.1, 0.15) is 16.7 Å². The molecule has 2 N–H and O–H groups in total. The van der Waals surface area contributed by atoms with Gasteiger partial charge in [-0.15, -0.1) is 0 Å². The van der Waals surface area contributed by atoms with E-state index >= 15 is 0 Å². The van der Waals surface area contributed by atoms with E-state index in [1.54, 1.807) is 0 Å². The summed E-state index contributed by atoms with van der Waals surface area (Å²) in [7, 11) is -2.78. The zero-order valence-electron chi connectivity index (χ0n) is 23.7. The third-order valence-corrected chi connectivity index (χ3v) is 7.55. The molecule has 0 saturated carbocycles. The van der Waals surface area contributed by atoms with E-state index in [1.165, 1.54) is 7.11 Å². The summed E-state index contributed by atoms with van der Waals surface area (Å²) in [6.07, 6.45) is -5.68. The second kappa shape index (κ2) is 15.1. The maximum absolute atomic E-state index is 12.4. The summed E-state index contributed by atoms with van der Waals surface area (Å²) in [6, 6.07) is 28.1. The number of benzene rings is 3. The minimum Gasteiger partial charge on any atom is -0.394 e. The molecular weight excluding hydrogens is 564 g/mol. The van der Waals surface area contributed by atoms with Crippen LogP contribution in [0, 0.1) is 0 Å². The van der Waals surface area contributed by atoms with Crippen LogP contribution in [0.5, 0.6) is 0 Å². The Hall–Kier alpha value is -2.71. The Balaban J connectivity index is 1.72. The Labute approximate surface area is 246 Å². The fraction of sp³-hybridized carbons (Fsp3) is 0.419. The van der Waals surface area contributed by atoms with Gasteiger partial charge in [-0.2, -0.15) is 8.42 Å². The van der Waals surface area contributed by atoms with Crippen LogP contribution in [0.15, 0.2) is 91.0 Å². The van der Waals surface area contributed by atoms with Gasteiger partial charge in [0.2, 0.25) is 0 Å². The number of hydrogen-bond acceptors (Lipinski definition) is 10. The largest absolute Gasteiger partial charge is 0.394 e. The van der Waals surface area contributed by atoms with E-state index < -0.39 is 53.0 Å². The van der Waals surface area contributed by atoms with Crippen LogP contribution in [-0.4, -0.2) is 81.5 Å². The highest BCUT2D eigenvalue weighted by Gasteiger charge is 2.66. The lowest BCUT2D eigenvalue weighted by Gasteiger charge is -2.42. The third kappa shape index (κ3) is 8.22. The molecule has 1 fully saturated rings. The quantitative estimate of drug-likeness (QED) is 0.236. The maximum atomic E-state index is 12.4. The van der Waals surface area contributed by atoms with Gasteiger partial charge in [0.25, 0.3) is 10.1 Å². The standard InChI is InChI=1S/C31H38O10S/c1-36-30-29(41-42(2,34)35)31(27(33)18-32,39-21-25-16-10-5-11-17-25)28(40-30)26(38-20-24-14-8-4-9-15-24)22-37-19-23-12-6-3-7-13-23/h3-17,26-30,32-33H,18-22H2,1-2H3/t26-,27-,28-,29+,30-,31-/m1/s1. The van der Waals surface area contributed by atoms with E-state index in [2.05, 4.69) is 0 Å². The highest BCUT2D eigenvalue weighted by atomic mass is 32.2. The molecule has 1 aliphatic heterocycles. The molecule has 0 aromatic heterocycles. The van der Waals surface area contributed by atoms with E-state index in [0.717, 1.165) is 22.9 Å². The van der Waals surface area contributed by atoms with Crippen LogP contribution < -0.4 is 0 Å². The van der Waals surface area contributed by atoms with Gasteiger partial charge in [0.05, 0.1) is 39.3 Å². The monoisotopic (exact) mass is 602 g/mol. The molecule has 10 nitrogen and oxygen atoms in total. The Morgan fingerprint density at radius 2 is 1.38 bits per heavy atom. The molecule has 6 atom stereocenters. The molecule has 0 bridgehead atoms. The molecule has 0 spiro atoms. The lowest BCUT2D eigenvalue weighted by Crippen LogP contribution is -2.64. The first-order chi connectivity index (χ1) is 20.3. The fourth-order valence-corrected chi connectivity index (χ4v) is 5.61. The molecule has 1 aliphatic rings. The first-order valence-electron chi connectivity index (χ1n) is 13.6. The molecular formula is C31H38O10S. The number of methoxy groups -OCH3 is 1. The Bertz CT molecular complexity index is 1310. The minimum atomic E-state index is -4.11. The van der Waals surface area contributed by atoms with Crippen LogP contribution in [0.4, 0.5) is 0 Å². The second-order valence-electron chi connectivity index (χ2n) is 10.0. The summed E-state index contributed by atoms with van der Waals surface area (Å²) in [5.74, 6) is 0. The average molecular weight is 603 g/mol. The molecule has 1 saturated heterocycles. The van der Waals surface area contributed by atoms with Crippen molar-refractivity contribution in [1.82, 2.24) is 0 Å². The molecule has 4 rings (SSSR count). The number of rotatable bonds is 16. The molecule has 0 amide bonds. The van der Waals surface area contributed by atoms with Crippen molar-refractivity contribution in [3.63, 3.8) is 0 Å². The van der Waals surface area contributed by atoms with Crippen molar-refractivity contribution < 1.29 is 46.5 Å². The number of aliphatic hydroxyl groups is 2. The molecule has 3 aromatic carbocycles. The van der Waals surface area contributed by atoms with Crippen molar-refractivity contribution in [2.45, 2.75) is 56.1 Å². The summed E-state index contributed by atoms with van der Waals surface area (Å²) in [6.45, 7) is -0.461. The molecule has 42 heavy (non-hydrogen) atoms. The molecule has 3 aromatic rings. The lowest BCUT2D eigenvalue weighted by molar-refractivity contribution is -0.226. The second-order valence-corrected chi connectivity index (χ2v) is 11.6. The van der Waals surface area contributed by atoms with Gasteiger partial charge >= 0.3 is 0 Å². The number of aliphatic hydroxyl groups excluding tert-OH is 2.